The molecule has 106 valence electrons. The lowest BCUT2D eigenvalue weighted by Gasteiger charge is -2.16. The third-order valence-corrected chi connectivity index (χ3v) is 2.98. The van der Waals surface area contributed by atoms with Gasteiger partial charge in [0.15, 0.2) is 6.61 Å². The number of benzene rings is 1. The van der Waals surface area contributed by atoms with Gasteiger partial charge in [-0.3, -0.25) is 0 Å². The van der Waals surface area contributed by atoms with Gasteiger partial charge in [-0.1, -0.05) is 12.1 Å². The van der Waals surface area contributed by atoms with Crippen LogP contribution in [0.15, 0.2) is 24.3 Å². The van der Waals surface area contributed by atoms with Gasteiger partial charge in [0, 0.05) is 12.6 Å². The molecule has 1 atom stereocenters. The van der Waals surface area contributed by atoms with Crippen molar-refractivity contribution in [2.45, 2.75) is 25.1 Å². The van der Waals surface area contributed by atoms with Crippen LogP contribution in [0.3, 0.4) is 0 Å². The number of ether oxygens (including phenoxy) is 1. The Morgan fingerprint density at radius 3 is 2.79 bits per heavy atom. The maximum absolute atomic E-state index is 12.1. The molecular formula is C13H17F3N2O. The van der Waals surface area contributed by atoms with E-state index in [1.165, 1.54) is 6.07 Å². The first-order valence-corrected chi connectivity index (χ1v) is 6.30. The second-order valence-corrected chi connectivity index (χ2v) is 4.57. The number of nitrogens with one attached hydrogen (secondary N) is 2. The summed E-state index contributed by atoms with van der Waals surface area (Å²) in [5.41, 5.74) is 0.598. The van der Waals surface area contributed by atoms with Crippen molar-refractivity contribution in [3.63, 3.8) is 0 Å². The summed E-state index contributed by atoms with van der Waals surface area (Å²) < 4.78 is 41.3. The summed E-state index contributed by atoms with van der Waals surface area (Å²) in [5.74, 6) is 0.234. The zero-order valence-corrected chi connectivity index (χ0v) is 10.5. The van der Waals surface area contributed by atoms with Crippen molar-refractivity contribution in [1.29, 1.82) is 0 Å². The van der Waals surface area contributed by atoms with Gasteiger partial charge in [0.25, 0.3) is 0 Å². The van der Waals surface area contributed by atoms with Gasteiger partial charge in [-0.15, -0.1) is 0 Å². The second kappa shape index (κ2) is 6.14. The van der Waals surface area contributed by atoms with Crippen molar-refractivity contribution in [2.75, 3.05) is 25.0 Å². The molecule has 1 aromatic carbocycles. The Labute approximate surface area is 110 Å². The van der Waals surface area contributed by atoms with Gasteiger partial charge in [0.05, 0.1) is 5.69 Å². The largest absolute Gasteiger partial charge is 0.482 e. The molecule has 0 aromatic heterocycles. The highest BCUT2D eigenvalue weighted by Gasteiger charge is 2.28. The van der Waals surface area contributed by atoms with Crippen LogP contribution in [0.2, 0.25) is 0 Å². The summed E-state index contributed by atoms with van der Waals surface area (Å²) in [4.78, 5) is 0. The first-order chi connectivity index (χ1) is 9.04. The van der Waals surface area contributed by atoms with Gasteiger partial charge < -0.3 is 15.4 Å². The highest BCUT2D eigenvalue weighted by molar-refractivity contribution is 5.56. The van der Waals surface area contributed by atoms with Gasteiger partial charge in [-0.05, 0) is 31.5 Å². The molecule has 1 heterocycles. The monoisotopic (exact) mass is 274 g/mol. The zero-order chi connectivity index (χ0) is 13.7. The highest BCUT2D eigenvalue weighted by Crippen LogP contribution is 2.26. The van der Waals surface area contributed by atoms with Crippen LogP contribution in [0.4, 0.5) is 18.9 Å². The van der Waals surface area contributed by atoms with Crippen molar-refractivity contribution >= 4 is 5.69 Å². The molecule has 0 saturated carbocycles. The topological polar surface area (TPSA) is 33.3 Å². The maximum Gasteiger partial charge on any atom is 0.422 e. The molecule has 1 aliphatic heterocycles. The lowest BCUT2D eigenvalue weighted by molar-refractivity contribution is -0.153. The Kier molecular flexibility index (Phi) is 4.52. The molecule has 19 heavy (non-hydrogen) atoms. The molecule has 0 radical (unpaired) electrons. The van der Waals surface area contributed by atoms with E-state index in [0.29, 0.717) is 18.3 Å². The molecule has 0 amide bonds. The molecule has 2 N–H and O–H groups in total. The van der Waals surface area contributed by atoms with Gasteiger partial charge in [-0.2, -0.15) is 13.2 Å². The van der Waals surface area contributed by atoms with Crippen molar-refractivity contribution < 1.29 is 17.9 Å². The molecule has 1 saturated heterocycles. The minimum Gasteiger partial charge on any atom is -0.482 e. The predicted molar refractivity (Wildman–Crippen MR) is 67.5 cm³/mol. The highest BCUT2D eigenvalue weighted by atomic mass is 19.4. The zero-order valence-electron chi connectivity index (χ0n) is 10.5. The maximum atomic E-state index is 12.1. The van der Waals surface area contributed by atoms with Crippen molar-refractivity contribution in [1.82, 2.24) is 5.32 Å². The van der Waals surface area contributed by atoms with Gasteiger partial charge in [0.2, 0.25) is 0 Å². The van der Waals surface area contributed by atoms with Crippen molar-refractivity contribution in [3.05, 3.63) is 24.3 Å². The minimum atomic E-state index is -4.32. The lowest BCUT2D eigenvalue weighted by Crippen LogP contribution is -2.29. The fourth-order valence-electron chi connectivity index (χ4n) is 2.06. The van der Waals surface area contributed by atoms with E-state index in [1.54, 1.807) is 18.2 Å². The summed E-state index contributed by atoms with van der Waals surface area (Å²) in [6.45, 7) is 0.415. The summed E-state index contributed by atoms with van der Waals surface area (Å²) in [5, 5.41) is 6.46. The minimum absolute atomic E-state index is 0.234. The Morgan fingerprint density at radius 2 is 2.11 bits per heavy atom. The van der Waals surface area contributed by atoms with Crippen LogP contribution in [-0.2, 0) is 0 Å². The number of para-hydroxylation sites is 2. The molecule has 1 unspecified atom stereocenters. The van der Waals surface area contributed by atoms with Crippen LogP contribution in [-0.4, -0.2) is 31.9 Å². The fourth-order valence-corrected chi connectivity index (χ4v) is 2.06. The van der Waals surface area contributed by atoms with E-state index < -0.39 is 12.8 Å². The van der Waals surface area contributed by atoms with E-state index in [-0.39, 0.29) is 5.75 Å². The lowest BCUT2D eigenvalue weighted by atomic mass is 10.2. The third-order valence-electron chi connectivity index (χ3n) is 2.98. The van der Waals surface area contributed by atoms with Crippen LogP contribution in [0, 0.1) is 0 Å². The number of hydrogen-bond acceptors (Lipinski definition) is 3. The second-order valence-electron chi connectivity index (χ2n) is 4.57. The number of rotatable bonds is 5. The number of halogens is 3. The quantitative estimate of drug-likeness (QED) is 0.866. The van der Waals surface area contributed by atoms with Gasteiger partial charge in [0.1, 0.15) is 5.75 Å². The molecule has 2 rings (SSSR count). The third kappa shape index (κ3) is 4.63. The Morgan fingerprint density at radius 1 is 1.32 bits per heavy atom. The van der Waals surface area contributed by atoms with E-state index in [2.05, 4.69) is 10.6 Å². The average Bonchev–Trinajstić information content (AvgIpc) is 2.87. The normalized spacial score (nSPS) is 19.4. The standard InChI is InChI=1S/C13H17F3N2O/c14-13(15,16)9-19-12-6-2-1-5-11(12)18-8-10-4-3-7-17-10/h1-2,5-6,10,17-18H,3-4,7-9H2. The fraction of sp³-hybridized carbons (Fsp3) is 0.538. The molecule has 6 heteroatoms. The van der Waals surface area contributed by atoms with Crippen LogP contribution < -0.4 is 15.4 Å². The Bertz CT molecular complexity index is 403. The van der Waals surface area contributed by atoms with Crippen molar-refractivity contribution in [3.8, 4) is 5.75 Å². The summed E-state index contributed by atoms with van der Waals surface area (Å²) in [6.07, 6.45) is -2.10. The van der Waals surface area contributed by atoms with E-state index in [9.17, 15) is 13.2 Å². The van der Waals surface area contributed by atoms with E-state index in [0.717, 1.165) is 19.4 Å². The molecular weight excluding hydrogens is 257 g/mol. The van der Waals surface area contributed by atoms with E-state index >= 15 is 0 Å². The van der Waals surface area contributed by atoms with E-state index in [1.807, 2.05) is 0 Å². The van der Waals surface area contributed by atoms with Crippen LogP contribution >= 0.6 is 0 Å². The first-order valence-electron chi connectivity index (χ1n) is 6.30. The van der Waals surface area contributed by atoms with Crippen LogP contribution in [0.25, 0.3) is 0 Å². The first kappa shape index (κ1) is 14.0. The summed E-state index contributed by atoms with van der Waals surface area (Å²) in [6, 6.07) is 7.06. The summed E-state index contributed by atoms with van der Waals surface area (Å²) >= 11 is 0. The SMILES string of the molecule is FC(F)(F)COc1ccccc1NCC1CCCN1. The smallest absolute Gasteiger partial charge is 0.422 e. The van der Waals surface area contributed by atoms with Gasteiger partial charge >= 0.3 is 6.18 Å². The Balaban J connectivity index is 1.91. The van der Waals surface area contributed by atoms with Crippen molar-refractivity contribution in [2.24, 2.45) is 0 Å². The van der Waals surface area contributed by atoms with Crippen LogP contribution in [0.1, 0.15) is 12.8 Å². The molecule has 3 nitrogen and oxygen atoms in total. The van der Waals surface area contributed by atoms with E-state index in [4.69, 9.17) is 4.74 Å². The predicted octanol–water partition coefficient (Wildman–Crippen LogP) is 2.79. The molecule has 1 fully saturated rings. The molecule has 0 aliphatic carbocycles. The molecule has 0 bridgehead atoms. The average molecular weight is 274 g/mol. The Hall–Kier alpha value is -1.43. The van der Waals surface area contributed by atoms with Crippen LogP contribution in [0.5, 0.6) is 5.75 Å². The number of anilines is 1. The molecule has 1 aliphatic rings. The molecule has 0 spiro atoms. The molecule has 1 aromatic rings. The van der Waals surface area contributed by atoms with Gasteiger partial charge in [-0.25, -0.2) is 0 Å². The summed E-state index contributed by atoms with van der Waals surface area (Å²) in [7, 11) is 0. The number of hydrogen-bond donors (Lipinski definition) is 2. The number of alkyl halides is 3.